The van der Waals surface area contributed by atoms with Crippen molar-refractivity contribution in [3.63, 3.8) is 0 Å². The van der Waals surface area contributed by atoms with Gasteiger partial charge in [0.15, 0.2) is 0 Å². The van der Waals surface area contributed by atoms with Gasteiger partial charge in [-0.25, -0.2) is 0 Å². The molecule has 0 aromatic heterocycles. The van der Waals surface area contributed by atoms with Gasteiger partial charge in [-0.3, -0.25) is 0 Å². The van der Waals surface area contributed by atoms with E-state index in [0.29, 0.717) is 0 Å². The molecule has 0 aliphatic carbocycles. The minimum Gasteiger partial charge on any atom is -0.496 e. The Kier molecular flexibility index (Phi) is 3.40. The minimum absolute atomic E-state index is 0.823. The van der Waals surface area contributed by atoms with Crippen LogP contribution in [0.1, 0.15) is 0 Å². The zero-order valence-electron chi connectivity index (χ0n) is 8.88. The quantitative estimate of drug-likeness (QED) is 0.804. The Morgan fingerprint density at radius 1 is 0.750 bits per heavy atom. The summed E-state index contributed by atoms with van der Waals surface area (Å²) in [6, 6.07) is 7.91. The van der Waals surface area contributed by atoms with Crippen molar-refractivity contribution in [1.29, 1.82) is 0 Å². The predicted molar refractivity (Wildman–Crippen MR) is 72.5 cm³/mol. The zero-order valence-corrected chi connectivity index (χ0v) is 12.1. The fraction of sp³-hybridized carbons (Fsp3) is 0.167. The molecule has 2 aromatic rings. The molecule has 16 heavy (non-hydrogen) atoms. The van der Waals surface area contributed by atoms with E-state index in [0.717, 1.165) is 31.2 Å². The molecule has 0 N–H and O–H groups in total. The van der Waals surface area contributed by atoms with Gasteiger partial charge < -0.3 is 9.47 Å². The lowest BCUT2D eigenvalue weighted by Crippen LogP contribution is -1.89. The van der Waals surface area contributed by atoms with Gasteiger partial charge in [-0.05, 0) is 24.3 Å². The zero-order chi connectivity index (χ0) is 11.7. The Morgan fingerprint density at radius 2 is 1.12 bits per heavy atom. The van der Waals surface area contributed by atoms with Crippen LogP contribution in [-0.4, -0.2) is 14.2 Å². The first-order valence-corrected chi connectivity index (χ1v) is 6.25. The maximum Gasteiger partial charge on any atom is 0.127 e. The van der Waals surface area contributed by atoms with Gasteiger partial charge in [-0.2, -0.15) is 0 Å². The highest BCUT2D eigenvalue weighted by Crippen LogP contribution is 2.37. The molecule has 4 heteroatoms. The number of hydrogen-bond donors (Lipinski definition) is 0. The number of hydrogen-bond acceptors (Lipinski definition) is 2. The van der Waals surface area contributed by atoms with E-state index >= 15 is 0 Å². The largest absolute Gasteiger partial charge is 0.496 e. The molecule has 0 fully saturated rings. The normalized spacial score (nSPS) is 10.5. The van der Waals surface area contributed by atoms with Gasteiger partial charge in [0, 0.05) is 19.7 Å². The molecule has 0 atom stereocenters. The molecule has 0 radical (unpaired) electrons. The highest BCUT2D eigenvalue weighted by atomic mass is 79.9. The average Bonchev–Trinajstić information content (AvgIpc) is 2.27. The minimum atomic E-state index is 0.823. The molecule has 0 spiro atoms. The van der Waals surface area contributed by atoms with Crippen LogP contribution < -0.4 is 9.47 Å². The molecule has 2 rings (SSSR count). The van der Waals surface area contributed by atoms with E-state index < -0.39 is 0 Å². The molecule has 2 nitrogen and oxygen atoms in total. The second-order valence-electron chi connectivity index (χ2n) is 3.31. The number of benzene rings is 2. The summed E-state index contributed by atoms with van der Waals surface area (Å²) in [5.41, 5.74) is 0. The third-order valence-electron chi connectivity index (χ3n) is 2.36. The Labute approximate surface area is 111 Å². The van der Waals surface area contributed by atoms with Crippen molar-refractivity contribution in [3.8, 4) is 11.5 Å². The van der Waals surface area contributed by atoms with E-state index in [-0.39, 0.29) is 0 Å². The number of rotatable bonds is 2. The van der Waals surface area contributed by atoms with Crippen LogP contribution in [0.25, 0.3) is 10.8 Å². The molecular weight excluding hydrogens is 336 g/mol. The van der Waals surface area contributed by atoms with Gasteiger partial charge in [0.05, 0.1) is 14.2 Å². The second kappa shape index (κ2) is 4.63. The summed E-state index contributed by atoms with van der Waals surface area (Å²) in [7, 11) is 3.32. The first kappa shape index (κ1) is 11.7. The lowest BCUT2D eigenvalue weighted by atomic mass is 10.1. The summed E-state index contributed by atoms with van der Waals surface area (Å²) in [4.78, 5) is 0. The Morgan fingerprint density at radius 3 is 1.44 bits per heavy atom. The van der Waals surface area contributed by atoms with Gasteiger partial charge in [0.2, 0.25) is 0 Å². The molecular formula is C12H10Br2O2. The standard InChI is InChI=1S/C12H10Br2O2/c1-15-11-5-7(13)4-10-9(11)3-8(14)6-12(10)16-2/h3-6H,1-2H3. The Balaban J connectivity index is 2.87. The van der Waals surface area contributed by atoms with Crippen molar-refractivity contribution in [1.82, 2.24) is 0 Å². The lowest BCUT2D eigenvalue weighted by molar-refractivity contribution is 0.415. The van der Waals surface area contributed by atoms with Crippen molar-refractivity contribution in [2.24, 2.45) is 0 Å². The molecule has 0 heterocycles. The molecule has 0 amide bonds. The number of halogens is 2. The molecule has 0 unspecified atom stereocenters. The highest BCUT2D eigenvalue weighted by Gasteiger charge is 2.09. The van der Waals surface area contributed by atoms with Gasteiger partial charge in [-0.15, -0.1) is 0 Å². The number of ether oxygens (including phenoxy) is 2. The topological polar surface area (TPSA) is 18.5 Å². The van der Waals surface area contributed by atoms with E-state index in [1.165, 1.54) is 0 Å². The monoisotopic (exact) mass is 344 g/mol. The van der Waals surface area contributed by atoms with E-state index in [4.69, 9.17) is 9.47 Å². The lowest BCUT2D eigenvalue weighted by Gasteiger charge is -2.10. The number of fused-ring (bicyclic) bond motifs is 1. The first-order chi connectivity index (χ1) is 7.65. The van der Waals surface area contributed by atoms with Crippen LogP contribution in [0.2, 0.25) is 0 Å². The molecule has 2 aromatic carbocycles. The fourth-order valence-corrected chi connectivity index (χ4v) is 2.54. The van der Waals surface area contributed by atoms with Crippen LogP contribution in [0.15, 0.2) is 33.2 Å². The van der Waals surface area contributed by atoms with Gasteiger partial charge >= 0.3 is 0 Å². The van der Waals surface area contributed by atoms with Crippen LogP contribution in [0.4, 0.5) is 0 Å². The molecule has 0 saturated carbocycles. The van der Waals surface area contributed by atoms with Crippen LogP contribution in [0, 0.1) is 0 Å². The summed E-state index contributed by atoms with van der Waals surface area (Å²) in [6.45, 7) is 0. The van der Waals surface area contributed by atoms with Crippen molar-refractivity contribution in [3.05, 3.63) is 33.2 Å². The maximum absolute atomic E-state index is 5.36. The summed E-state index contributed by atoms with van der Waals surface area (Å²) < 4.78 is 12.7. The van der Waals surface area contributed by atoms with E-state index in [1.54, 1.807) is 14.2 Å². The predicted octanol–water partition coefficient (Wildman–Crippen LogP) is 4.38. The molecule has 0 aliphatic heterocycles. The van der Waals surface area contributed by atoms with Gasteiger partial charge in [-0.1, -0.05) is 31.9 Å². The third-order valence-corrected chi connectivity index (χ3v) is 3.28. The smallest absolute Gasteiger partial charge is 0.127 e. The average molecular weight is 346 g/mol. The molecule has 84 valence electrons. The van der Waals surface area contributed by atoms with Crippen LogP contribution in [0.5, 0.6) is 11.5 Å². The summed E-state index contributed by atoms with van der Waals surface area (Å²) in [6.07, 6.45) is 0. The summed E-state index contributed by atoms with van der Waals surface area (Å²) >= 11 is 6.92. The van der Waals surface area contributed by atoms with Crippen molar-refractivity contribution < 1.29 is 9.47 Å². The second-order valence-corrected chi connectivity index (χ2v) is 5.14. The van der Waals surface area contributed by atoms with Crippen molar-refractivity contribution >= 4 is 42.6 Å². The van der Waals surface area contributed by atoms with Crippen LogP contribution in [-0.2, 0) is 0 Å². The Hall–Kier alpha value is -0.740. The number of methoxy groups -OCH3 is 2. The van der Waals surface area contributed by atoms with Crippen LogP contribution in [0.3, 0.4) is 0 Å². The molecule has 0 aliphatic rings. The molecule has 0 bridgehead atoms. The highest BCUT2D eigenvalue weighted by molar-refractivity contribution is 9.10. The van der Waals surface area contributed by atoms with Crippen molar-refractivity contribution in [2.45, 2.75) is 0 Å². The van der Waals surface area contributed by atoms with E-state index in [9.17, 15) is 0 Å². The summed E-state index contributed by atoms with van der Waals surface area (Å²) in [5, 5.41) is 2.05. The fourth-order valence-electron chi connectivity index (χ4n) is 1.67. The first-order valence-electron chi connectivity index (χ1n) is 4.66. The van der Waals surface area contributed by atoms with Gasteiger partial charge in [0.1, 0.15) is 11.5 Å². The van der Waals surface area contributed by atoms with Gasteiger partial charge in [0.25, 0.3) is 0 Å². The van der Waals surface area contributed by atoms with E-state index in [2.05, 4.69) is 31.9 Å². The SMILES string of the molecule is COc1cc(Br)cc2c(OC)cc(Br)cc12. The third kappa shape index (κ3) is 2.04. The summed E-state index contributed by atoms with van der Waals surface area (Å²) in [5.74, 6) is 1.65. The maximum atomic E-state index is 5.36. The molecule has 0 saturated heterocycles. The van der Waals surface area contributed by atoms with Crippen LogP contribution >= 0.6 is 31.9 Å². The van der Waals surface area contributed by atoms with E-state index in [1.807, 2.05) is 24.3 Å². The van der Waals surface area contributed by atoms with Crippen molar-refractivity contribution in [2.75, 3.05) is 14.2 Å². The Bertz CT molecular complexity index is 489.